The fourth-order valence-corrected chi connectivity index (χ4v) is 3.75. The van der Waals surface area contributed by atoms with Crippen LogP contribution in [0.2, 0.25) is 0 Å². The summed E-state index contributed by atoms with van der Waals surface area (Å²) in [6, 6.07) is 0.613. The van der Waals surface area contributed by atoms with Crippen LogP contribution in [0.1, 0.15) is 64.0 Å². The highest BCUT2D eigenvalue weighted by atomic mass is 32.1. The van der Waals surface area contributed by atoms with E-state index in [1.807, 2.05) is 6.20 Å². The summed E-state index contributed by atoms with van der Waals surface area (Å²) in [6.07, 6.45) is 12.7. The third kappa shape index (κ3) is 4.19. The summed E-state index contributed by atoms with van der Waals surface area (Å²) in [5, 5.41) is 4.55. The van der Waals surface area contributed by atoms with Crippen LogP contribution in [0.4, 0.5) is 0 Å². The van der Waals surface area contributed by atoms with E-state index in [4.69, 9.17) is 12.2 Å². The molecule has 5 heteroatoms. The number of nitrogens with one attached hydrogen (secondary N) is 2. The first-order valence-corrected chi connectivity index (χ1v) is 8.27. The van der Waals surface area contributed by atoms with Gasteiger partial charge >= 0.3 is 0 Å². The van der Waals surface area contributed by atoms with E-state index < -0.39 is 0 Å². The fourth-order valence-electron chi connectivity index (χ4n) is 3.40. The minimum Gasteiger partial charge on any atom is -0.360 e. The van der Waals surface area contributed by atoms with Crippen LogP contribution in [0.15, 0.2) is 12.5 Å². The Balaban J connectivity index is 0.00000161. The maximum atomic E-state index is 5.59. The van der Waals surface area contributed by atoms with Gasteiger partial charge in [0.2, 0.25) is 0 Å². The molecule has 1 aromatic heterocycles. The van der Waals surface area contributed by atoms with Gasteiger partial charge in [-0.15, -0.1) is 0 Å². The maximum absolute atomic E-state index is 5.59. The van der Waals surface area contributed by atoms with E-state index in [1.54, 1.807) is 6.33 Å². The molecule has 0 atom stereocenters. The Morgan fingerprint density at radius 2 is 1.90 bits per heavy atom. The molecule has 2 fully saturated rings. The molecule has 118 valence electrons. The largest absolute Gasteiger partial charge is 0.360 e. The molecule has 0 amide bonds. The van der Waals surface area contributed by atoms with Crippen molar-refractivity contribution in [3.05, 3.63) is 18.2 Å². The summed E-state index contributed by atoms with van der Waals surface area (Å²) < 4.78 is 0. The second-order valence-electron chi connectivity index (χ2n) is 6.05. The average Bonchev–Trinajstić information content (AvgIpc) is 3.03. The Morgan fingerprint density at radius 1 is 1.19 bits per heavy atom. The Morgan fingerprint density at radius 3 is 2.52 bits per heavy atom. The van der Waals surface area contributed by atoms with Gasteiger partial charge in [-0.05, 0) is 37.9 Å². The minimum absolute atomic E-state index is 0. The lowest BCUT2D eigenvalue weighted by atomic mass is 9.94. The van der Waals surface area contributed by atoms with E-state index in [9.17, 15) is 0 Å². The molecule has 1 aromatic rings. The van der Waals surface area contributed by atoms with E-state index in [0.29, 0.717) is 12.0 Å². The zero-order valence-corrected chi connectivity index (χ0v) is 12.8. The zero-order valence-electron chi connectivity index (χ0n) is 12.0. The lowest BCUT2D eigenvalue weighted by Crippen LogP contribution is -2.47. The second-order valence-corrected chi connectivity index (χ2v) is 6.44. The molecule has 0 bridgehead atoms. The number of H-pyrrole nitrogens is 1. The van der Waals surface area contributed by atoms with Gasteiger partial charge in [-0.2, -0.15) is 0 Å². The molecule has 2 heterocycles. The molecule has 2 N–H and O–H groups in total. The van der Waals surface area contributed by atoms with Crippen molar-refractivity contribution in [1.82, 2.24) is 20.2 Å². The molecule has 1 saturated carbocycles. The van der Waals surface area contributed by atoms with Crippen molar-refractivity contribution in [3.8, 4) is 0 Å². The highest BCUT2D eigenvalue weighted by molar-refractivity contribution is 7.80. The number of likely N-dealkylation sites (tertiary alicyclic amines) is 1. The number of aromatic nitrogens is 2. The lowest BCUT2D eigenvalue weighted by molar-refractivity contribution is 0.299. The molecule has 0 unspecified atom stereocenters. The molecular formula is C16H28N4S. The third-order valence-electron chi connectivity index (χ3n) is 4.67. The summed E-state index contributed by atoms with van der Waals surface area (Å²) >= 11 is 5.59. The van der Waals surface area contributed by atoms with Crippen LogP contribution < -0.4 is 5.32 Å². The van der Waals surface area contributed by atoms with Crippen LogP contribution in [0.3, 0.4) is 0 Å². The molecular weight excluding hydrogens is 280 g/mol. The van der Waals surface area contributed by atoms with Crippen LogP contribution >= 0.6 is 12.2 Å². The number of hydrogen-bond acceptors (Lipinski definition) is 2. The van der Waals surface area contributed by atoms with Crippen molar-refractivity contribution in [1.29, 1.82) is 0 Å². The summed E-state index contributed by atoms with van der Waals surface area (Å²) in [6.45, 7) is 2.12. The van der Waals surface area contributed by atoms with Gasteiger partial charge in [0, 0.05) is 36.9 Å². The first-order valence-electron chi connectivity index (χ1n) is 7.86. The van der Waals surface area contributed by atoms with Crippen molar-refractivity contribution in [2.75, 3.05) is 13.1 Å². The number of hydrogen-bond donors (Lipinski definition) is 2. The van der Waals surface area contributed by atoms with Gasteiger partial charge in [0.25, 0.3) is 0 Å². The number of piperidine rings is 1. The van der Waals surface area contributed by atoms with Crippen molar-refractivity contribution >= 4 is 17.3 Å². The van der Waals surface area contributed by atoms with Crippen molar-refractivity contribution in [2.45, 2.75) is 64.3 Å². The topological polar surface area (TPSA) is 44.0 Å². The van der Waals surface area contributed by atoms with Crippen LogP contribution in [0.5, 0.6) is 0 Å². The highest BCUT2D eigenvalue weighted by Gasteiger charge is 2.24. The SMILES string of the molecule is C.S=C(NC1CCCCC1)N1CCC(c2cnc[nH]2)CC1. The summed E-state index contributed by atoms with van der Waals surface area (Å²) in [7, 11) is 0. The van der Waals surface area contributed by atoms with Crippen LogP contribution in [0, 0.1) is 0 Å². The van der Waals surface area contributed by atoms with Crippen LogP contribution in [-0.2, 0) is 0 Å². The average molecular weight is 308 g/mol. The number of rotatable bonds is 2. The predicted octanol–water partition coefficient (Wildman–Crippen LogP) is 3.43. The molecule has 0 aromatic carbocycles. The molecule has 0 radical (unpaired) electrons. The quantitative estimate of drug-likeness (QED) is 0.822. The molecule has 3 rings (SSSR count). The van der Waals surface area contributed by atoms with E-state index >= 15 is 0 Å². The Hall–Kier alpha value is -1.10. The van der Waals surface area contributed by atoms with Gasteiger partial charge in [0.1, 0.15) is 0 Å². The van der Waals surface area contributed by atoms with Crippen molar-refractivity contribution in [3.63, 3.8) is 0 Å². The number of imidazole rings is 1. The number of nitrogens with zero attached hydrogens (tertiary/aromatic N) is 2. The molecule has 1 aliphatic carbocycles. The molecule has 21 heavy (non-hydrogen) atoms. The molecule has 1 saturated heterocycles. The third-order valence-corrected chi connectivity index (χ3v) is 5.05. The molecule has 4 nitrogen and oxygen atoms in total. The summed E-state index contributed by atoms with van der Waals surface area (Å²) in [5.41, 5.74) is 1.27. The minimum atomic E-state index is 0. The van der Waals surface area contributed by atoms with E-state index in [0.717, 1.165) is 31.0 Å². The predicted molar refractivity (Wildman–Crippen MR) is 91.5 cm³/mol. The maximum Gasteiger partial charge on any atom is 0.169 e. The molecule has 2 aliphatic rings. The standard InChI is InChI=1S/C15H24N4S.CH4/c20-15(18-13-4-2-1-3-5-13)19-8-6-12(7-9-19)14-10-16-11-17-14;/h10-13H,1-9H2,(H,16,17)(H,18,20);1H4. The molecule has 1 aliphatic heterocycles. The normalized spacial score (nSPS) is 20.9. The Labute approximate surface area is 133 Å². The van der Waals surface area contributed by atoms with Gasteiger partial charge in [0.15, 0.2) is 5.11 Å². The van der Waals surface area contributed by atoms with Gasteiger partial charge in [0.05, 0.1) is 6.33 Å². The van der Waals surface area contributed by atoms with E-state index in [-0.39, 0.29) is 7.43 Å². The van der Waals surface area contributed by atoms with Crippen LogP contribution in [0.25, 0.3) is 0 Å². The van der Waals surface area contributed by atoms with Crippen molar-refractivity contribution in [2.24, 2.45) is 0 Å². The first kappa shape index (κ1) is 16.3. The van der Waals surface area contributed by atoms with Crippen molar-refractivity contribution < 1.29 is 0 Å². The van der Waals surface area contributed by atoms with E-state index in [1.165, 1.54) is 37.8 Å². The number of aromatic amines is 1. The summed E-state index contributed by atoms with van der Waals surface area (Å²) in [4.78, 5) is 9.70. The van der Waals surface area contributed by atoms with Gasteiger partial charge < -0.3 is 15.2 Å². The molecule has 0 spiro atoms. The Kier molecular flexibility index (Phi) is 6.03. The first-order chi connectivity index (χ1) is 9.83. The van der Waals surface area contributed by atoms with Crippen LogP contribution in [-0.4, -0.2) is 39.1 Å². The zero-order chi connectivity index (χ0) is 13.8. The second kappa shape index (κ2) is 7.78. The van der Waals surface area contributed by atoms with Gasteiger partial charge in [-0.3, -0.25) is 0 Å². The highest BCUT2D eigenvalue weighted by Crippen LogP contribution is 2.26. The summed E-state index contributed by atoms with van der Waals surface area (Å²) in [5.74, 6) is 0.617. The smallest absolute Gasteiger partial charge is 0.169 e. The van der Waals surface area contributed by atoms with Gasteiger partial charge in [-0.1, -0.05) is 26.7 Å². The monoisotopic (exact) mass is 308 g/mol. The van der Waals surface area contributed by atoms with E-state index in [2.05, 4.69) is 20.2 Å². The number of thiocarbonyl (C=S) groups is 1. The Bertz CT molecular complexity index is 417. The van der Waals surface area contributed by atoms with Gasteiger partial charge in [-0.25, -0.2) is 4.98 Å². The fraction of sp³-hybridized carbons (Fsp3) is 0.750. The lowest BCUT2D eigenvalue weighted by Gasteiger charge is -2.35.